The number of amides is 1. The number of carbonyl (C=O) groups is 1. The van der Waals surface area contributed by atoms with E-state index < -0.39 is 15.8 Å². The van der Waals surface area contributed by atoms with Crippen LogP contribution in [-0.4, -0.2) is 34.5 Å². The molecular formula is C21H17FN6O3S. The monoisotopic (exact) mass is 452 g/mol. The third kappa shape index (κ3) is 5.13. The standard InChI is InChI=1S/C21H17FN6O3S/c22-16-3-11-20(12-4-16)32(30,31)25-18-7-5-17(6-8-18)24-21(29)13-15-1-9-19(10-2-15)28-14-23-26-27-28/h1-12,14,25H,13H2,(H,24,29). The van der Waals surface area contributed by atoms with Gasteiger partial charge in [-0.25, -0.2) is 17.5 Å². The first-order chi connectivity index (χ1) is 15.4. The van der Waals surface area contributed by atoms with Crippen LogP contribution in [0.1, 0.15) is 5.56 Å². The van der Waals surface area contributed by atoms with Crippen LogP contribution in [0.25, 0.3) is 5.69 Å². The van der Waals surface area contributed by atoms with Gasteiger partial charge in [0.05, 0.1) is 17.0 Å². The molecule has 0 fully saturated rings. The van der Waals surface area contributed by atoms with Gasteiger partial charge in [0, 0.05) is 11.4 Å². The van der Waals surface area contributed by atoms with Crippen molar-refractivity contribution in [3.05, 3.63) is 90.5 Å². The van der Waals surface area contributed by atoms with Gasteiger partial charge in [0.2, 0.25) is 5.91 Å². The van der Waals surface area contributed by atoms with Crippen molar-refractivity contribution in [2.75, 3.05) is 10.0 Å². The Morgan fingerprint density at radius 3 is 2.19 bits per heavy atom. The molecule has 9 nitrogen and oxygen atoms in total. The molecule has 3 aromatic carbocycles. The summed E-state index contributed by atoms with van der Waals surface area (Å²) in [6.07, 6.45) is 1.64. The van der Waals surface area contributed by atoms with Crippen LogP contribution >= 0.6 is 0 Å². The number of rotatable bonds is 7. The molecule has 0 spiro atoms. The van der Waals surface area contributed by atoms with Gasteiger partial charge in [-0.05, 0) is 76.7 Å². The van der Waals surface area contributed by atoms with Crippen molar-refractivity contribution in [2.24, 2.45) is 0 Å². The highest BCUT2D eigenvalue weighted by Gasteiger charge is 2.14. The highest BCUT2D eigenvalue weighted by molar-refractivity contribution is 7.92. The van der Waals surface area contributed by atoms with E-state index in [4.69, 9.17) is 0 Å². The average Bonchev–Trinajstić information content (AvgIpc) is 3.31. The second kappa shape index (κ2) is 8.94. The van der Waals surface area contributed by atoms with Gasteiger partial charge in [0.1, 0.15) is 12.1 Å². The Labute approximate surface area is 183 Å². The molecule has 32 heavy (non-hydrogen) atoms. The molecule has 0 aliphatic carbocycles. The number of hydrogen-bond donors (Lipinski definition) is 2. The molecule has 1 amide bonds. The van der Waals surface area contributed by atoms with Gasteiger partial charge in [0.25, 0.3) is 10.0 Å². The summed E-state index contributed by atoms with van der Waals surface area (Å²) in [6.45, 7) is 0. The lowest BCUT2D eigenvalue weighted by Gasteiger charge is -2.10. The van der Waals surface area contributed by atoms with E-state index in [0.717, 1.165) is 23.4 Å². The van der Waals surface area contributed by atoms with E-state index in [1.54, 1.807) is 24.3 Å². The van der Waals surface area contributed by atoms with Crippen molar-refractivity contribution in [1.82, 2.24) is 20.2 Å². The number of benzene rings is 3. The molecule has 0 saturated heterocycles. The average molecular weight is 452 g/mol. The van der Waals surface area contributed by atoms with Crippen molar-refractivity contribution >= 4 is 27.3 Å². The molecule has 0 unspecified atom stereocenters. The number of halogens is 1. The largest absolute Gasteiger partial charge is 0.326 e. The molecule has 1 aromatic heterocycles. The maximum Gasteiger partial charge on any atom is 0.261 e. The maximum absolute atomic E-state index is 13.0. The minimum atomic E-state index is -3.84. The number of aromatic nitrogens is 4. The molecule has 162 valence electrons. The minimum absolute atomic E-state index is 0.0534. The normalized spacial score (nSPS) is 11.2. The highest BCUT2D eigenvalue weighted by atomic mass is 32.2. The van der Waals surface area contributed by atoms with Crippen LogP contribution in [0.3, 0.4) is 0 Å². The van der Waals surface area contributed by atoms with Crippen molar-refractivity contribution in [2.45, 2.75) is 11.3 Å². The summed E-state index contributed by atoms with van der Waals surface area (Å²) in [6, 6.07) is 18.0. The van der Waals surface area contributed by atoms with Crippen molar-refractivity contribution in [1.29, 1.82) is 0 Å². The van der Waals surface area contributed by atoms with Gasteiger partial charge < -0.3 is 5.32 Å². The summed E-state index contributed by atoms with van der Waals surface area (Å²) in [7, 11) is -3.84. The third-order valence-electron chi connectivity index (χ3n) is 4.46. The highest BCUT2D eigenvalue weighted by Crippen LogP contribution is 2.19. The molecule has 0 aliphatic heterocycles. The predicted octanol–water partition coefficient (Wildman–Crippen LogP) is 2.78. The van der Waals surface area contributed by atoms with Crippen LogP contribution in [-0.2, 0) is 21.2 Å². The van der Waals surface area contributed by atoms with Crippen LogP contribution in [0, 0.1) is 5.82 Å². The van der Waals surface area contributed by atoms with Crippen LogP contribution in [0.4, 0.5) is 15.8 Å². The molecule has 0 aliphatic rings. The first-order valence-corrected chi connectivity index (χ1v) is 10.9. The van der Waals surface area contributed by atoms with Crippen LogP contribution in [0.2, 0.25) is 0 Å². The third-order valence-corrected chi connectivity index (χ3v) is 5.86. The van der Waals surface area contributed by atoms with Crippen LogP contribution in [0.5, 0.6) is 0 Å². The second-order valence-electron chi connectivity index (χ2n) is 6.78. The van der Waals surface area contributed by atoms with Gasteiger partial charge in [-0.2, -0.15) is 0 Å². The van der Waals surface area contributed by atoms with Gasteiger partial charge in [-0.15, -0.1) is 5.10 Å². The summed E-state index contributed by atoms with van der Waals surface area (Å²) in [4.78, 5) is 12.3. The number of sulfonamides is 1. The Hall–Kier alpha value is -4.12. The summed E-state index contributed by atoms with van der Waals surface area (Å²) in [5.41, 5.74) is 2.41. The van der Waals surface area contributed by atoms with E-state index >= 15 is 0 Å². The number of anilines is 2. The summed E-state index contributed by atoms with van der Waals surface area (Å²) in [5.74, 6) is -0.743. The Bertz CT molecular complexity index is 1310. The Morgan fingerprint density at radius 1 is 0.906 bits per heavy atom. The molecular weight excluding hydrogens is 435 g/mol. The number of tetrazole rings is 1. The molecule has 1 heterocycles. The quantitative estimate of drug-likeness (QED) is 0.445. The number of nitrogens with one attached hydrogen (secondary N) is 2. The summed E-state index contributed by atoms with van der Waals surface area (Å²) >= 11 is 0. The van der Waals surface area contributed by atoms with E-state index in [1.807, 2.05) is 12.1 Å². The fourth-order valence-corrected chi connectivity index (χ4v) is 3.94. The molecule has 0 radical (unpaired) electrons. The molecule has 0 saturated carbocycles. The predicted molar refractivity (Wildman–Crippen MR) is 115 cm³/mol. The van der Waals surface area contributed by atoms with E-state index in [1.165, 1.54) is 35.3 Å². The lowest BCUT2D eigenvalue weighted by atomic mass is 10.1. The number of hydrogen-bond acceptors (Lipinski definition) is 6. The van der Waals surface area contributed by atoms with Crippen LogP contribution < -0.4 is 10.0 Å². The summed E-state index contributed by atoms with van der Waals surface area (Å²) < 4.78 is 41.7. The van der Waals surface area contributed by atoms with E-state index in [-0.39, 0.29) is 17.2 Å². The van der Waals surface area contributed by atoms with Crippen LogP contribution in [0.15, 0.2) is 84.0 Å². The van der Waals surface area contributed by atoms with E-state index in [9.17, 15) is 17.6 Å². The molecule has 11 heteroatoms. The Kier molecular flexibility index (Phi) is 5.90. The molecule has 0 atom stereocenters. The van der Waals surface area contributed by atoms with Gasteiger partial charge in [-0.3, -0.25) is 9.52 Å². The molecule has 0 bridgehead atoms. The topological polar surface area (TPSA) is 119 Å². The van der Waals surface area contributed by atoms with Gasteiger partial charge >= 0.3 is 0 Å². The molecule has 4 aromatic rings. The molecule has 4 rings (SSSR count). The zero-order valence-corrected chi connectivity index (χ0v) is 17.3. The van der Waals surface area contributed by atoms with Gasteiger partial charge in [-0.1, -0.05) is 12.1 Å². The zero-order valence-electron chi connectivity index (χ0n) is 16.5. The smallest absolute Gasteiger partial charge is 0.261 e. The maximum atomic E-state index is 13.0. The summed E-state index contributed by atoms with van der Waals surface area (Å²) in [5, 5.41) is 13.7. The minimum Gasteiger partial charge on any atom is -0.326 e. The Balaban J connectivity index is 1.35. The van der Waals surface area contributed by atoms with E-state index in [0.29, 0.717) is 11.4 Å². The van der Waals surface area contributed by atoms with Crippen molar-refractivity contribution in [3.63, 3.8) is 0 Å². The van der Waals surface area contributed by atoms with E-state index in [2.05, 4.69) is 25.6 Å². The lowest BCUT2D eigenvalue weighted by Crippen LogP contribution is -2.15. The number of nitrogens with zero attached hydrogens (tertiary/aromatic N) is 4. The second-order valence-corrected chi connectivity index (χ2v) is 8.46. The first kappa shape index (κ1) is 21.1. The Morgan fingerprint density at radius 2 is 1.56 bits per heavy atom. The van der Waals surface area contributed by atoms with Crippen molar-refractivity contribution < 1.29 is 17.6 Å². The zero-order chi connectivity index (χ0) is 22.6. The molecule has 2 N–H and O–H groups in total. The van der Waals surface area contributed by atoms with Crippen molar-refractivity contribution in [3.8, 4) is 5.69 Å². The van der Waals surface area contributed by atoms with Gasteiger partial charge in [0.15, 0.2) is 0 Å². The SMILES string of the molecule is O=C(Cc1ccc(-n2cnnn2)cc1)Nc1ccc(NS(=O)(=O)c2ccc(F)cc2)cc1. The first-order valence-electron chi connectivity index (χ1n) is 9.40. The fraction of sp³-hybridized carbons (Fsp3) is 0.0476. The fourth-order valence-electron chi connectivity index (χ4n) is 2.89. The lowest BCUT2D eigenvalue weighted by molar-refractivity contribution is -0.115. The number of carbonyl (C=O) groups excluding carboxylic acids is 1.